The first-order valence-electron chi connectivity index (χ1n) is 12.1. The number of rotatable bonds is 2. The lowest BCUT2D eigenvalue weighted by molar-refractivity contribution is 0.00118. The molecular weight excluding hydrogens is 400 g/mol. The van der Waals surface area contributed by atoms with Gasteiger partial charge in [0, 0.05) is 24.3 Å². The summed E-state index contributed by atoms with van der Waals surface area (Å²) in [5, 5.41) is 2.88. The highest BCUT2D eigenvalue weighted by molar-refractivity contribution is 6.15. The summed E-state index contributed by atoms with van der Waals surface area (Å²) in [5.41, 5.74) is 6.97. The summed E-state index contributed by atoms with van der Waals surface area (Å²) in [4.78, 5) is 17.3. The van der Waals surface area contributed by atoms with Crippen molar-refractivity contribution < 1.29 is 14.3 Å². The van der Waals surface area contributed by atoms with E-state index in [4.69, 9.17) is 14.5 Å². The van der Waals surface area contributed by atoms with Crippen molar-refractivity contribution in [3.05, 3.63) is 70.3 Å². The van der Waals surface area contributed by atoms with Gasteiger partial charge in [-0.15, -0.1) is 0 Å². The van der Waals surface area contributed by atoms with Crippen LogP contribution in [0.4, 0.5) is 4.79 Å². The van der Waals surface area contributed by atoms with Crippen LogP contribution in [0, 0.1) is 0 Å². The third-order valence-electron chi connectivity index (χ3n) is 7.02. The number of hydrogen-bond acceptors (Lipinski definition) is 4. The molecule has 0 radical (unpaired) electrons. The number of benzene rings is 2. The molecule has 3 heterocycles. The van der Waals surface area contributed by atoms with Gasteiger partial charge in [0.2, 0.25) is 0 Å². The third kappa shape index (κ3) is 4.31. The van der Waals surface area contributed by atoms with Crippen LogP contribution >= 0.6 is 0 Å². The number of cyclic esters (lactones) is 1. The SMILES string of the molecule is CCC1CCCNC(=O)OCc2cccc(c2)C2=NC(C3CCCCO3)c3ccc1cc32. The molecule has 0 spiro atoms. The number of alkyl carbamates (subject to hydrolysis) is 1. The van der Waals surface area contributed by atoms with Crippen LogP contribution in [-0.4, -0.2) is 31.1 Å². The second-order valence-corrected chi connectivity index (χ2v) is 9.12. The molecule has 32 heavy (non-hydrogen) atoms. The standard InChI is InChI=1S/C27H32N2O3/c1-2-19-9-6-13-28-27(30)32-17-18-7-5-8-21(15-18)25-23-16-20(19)11-12-22(23)26(29-25)24-10-3-4-14-31-24/h5,7-8,11-12,15-16,19,24,26H,2-4,6,9-10,13-14,17H2,1H3,(H,28,30). The zero-order valence-corrected chi connectivity index (χ0v) is 18.8. The maximum atomic E-state index is 12.1. The number of ether oxygens (including phenoxy) is 2. The number of hydrogen-bond donors (Lipinski definition) is 1. The fraction of sp³-hybridized carbons (Fsp3) is 0.481. The second-order valence-electron chi connectivity index (χ2n) is 9.12. The summed E-state index contributed by atoms with van der Waals surface area (Å²) < 4.78 is 11.6. The molecule has 4 bridgehead atoms. The smallest absolute Gasteiger partial charge is 0.407 e. The summed E-state index contributed by atoms with van der Waals surface area (Å²) in [7, 11) is 0. The van der Waals surface area contributed by atoms with Crippen LogP contribution in [0.15, 0.2) is 47.5 Å². The predicted molar refractivity (Wildman–Crippen MR) is 125 cm³/mol. The average molecular weight is 433 g/mol. The average Bonchev–Trinajstić information content (AvgIpc) is 3.22. The number of nitrogens with zero attached hydrogens (tertiary/aromatic N) is 1. The predicted octanol–water partition coefficient (Wildman–Crippen LogP) is 5.66. The van der Waals surface area contributed by atoms with Crippen LogP contribution in [0.3, 0.4) is 0 Å². The maximum Gasteiger partial charge on any atom is 0.407 e. The fourth-order valence-electron chi connectivity index (χ4n) is 5.25. The molecule has 2 aromatic rings. The number of aliphatic imine (C=N–C) groups is 1. The minimum Gasteiger partial charge on any atom is -0.445 e. The van der Waals surface area contributed by atoms with Crippen molar-refractivity contribution in [2.45, 2.75) is 70.1 Å². The molecule has 3 aliphatic heterocycles. The van der Waals surface area contributed by atoms with Crippen LogP contribution in [-0.2, 0) is 16.1 Å². The van der Waals surface area contributed by atoms with E-state index in [2.05, 4.69) is 42.6 Å². The zero-order chi connectivity index (χ0) is 21.9. The number of fused-ring (bicyclic) bond motifs is 4. The largest absolute Gasteiger partial charge is 0.445 e. The molecule has 0 aliphatic carbocycles. The van der Waals surface area contributed by atoms with Crippen molar-refractivity contribution in [1.29, 1.82) is 0 Å². The van der Waals surface area contributed by atoms with E-state index < -0.39 is 0 Å². The molecule has 3 aliphatic rings. The van der Waals surface area contributed by atoms with Crippen LogP contribution in [0.2, 0.25) is 0 Å². The van der Waals surface area contributed by atoms with Gasteiger partial charge in [-0.1, -0.05) is 37.3 Å². The topological polar surface area (TPSA) is 59.9 Å². The number of carbonyl (C=O) groups excluding carboxylic acids is 1. The Morgan fingerprint density at radius 1 is 1.09 bits per heavy atom. The van der Waals surface area contributed by atoms with Gasteiger partial charge in [-0.3, -0.25) is 4.99 Å². The Morgan fingerprint density at radius 3 is 2.88 bits per heavy atom. The normalized spacial score (nSPS) is 25.7. The molecule has 5 nitrogen and oxygen atoms in total. The first-order chi connectivity index (χ1) is 15.7. The molecule has 1 fully saturated rings. The van der Waals surface area contributed by atoms with E-state index in [-0.39, 0.29) is 24.8 Å². The minimum absolute atomic E-state index is 0.0546. The molecule has 5 rings (SSSR count). The van der Waals surface area contributed by atoms with Gasteiger partial charge in [-0.2, -0.15) is 0 Å². The van der Waals surface area contributed by atoms with Gasteiger partial charge in [0.1, 0.15) is 12.6 Å². The first-order valence-corrected chi connectivity index (χ1v) is 12.1. The van der Waals surface area contributed by atoms with E-state index in [9.17, 15) is 4.79 Å². The van der Waals surface area contributed by atoms with E-state index in [0.717, 1.165) is 55.5 Å². The van der Waals surface area contributed by atoms with Gasteiger partial charge in [-0.05, 0) is 73.3 Å². The molecular formula is C27H32N2O3. The van der Waals surface area contributed by atoms with Crippen LogP contribution < -0.4 is 5.32 Å². The zero-order valence-electron chi connectivity index (χ0n) is 18.8. The van der Waals surface area contributed by atoms with Crippen molar-refractivity contribution in [3.63, 3.8) is 0 Å². The lowest BCUT2D eigenvalue weighted by Crippen LogP contribution is -2.25. The van der Waals surface area contributed by atoms with Crippen LogP contribution in [0.1, 0.15) is 85.2 Å². The monoisotopic (exact) mass is 432 g/mol. The van der Waals surface area contributed by atoms with Gasteiger partial charge in [-0.25, -0.2) is 4.79 Å². The second kappa shape index (κ2) is 9.45. The fourth-order valence-corrected chi connectivity index (χ4v) is 5.25. The Morgan fingerprint density at radius 2 is 2.03 bits per heavy atom. The van der Waals surface area contributed by atoms with Gasteiger partial charge in [0.05, 0.1) is 11.8 Å². The van der Waals surface area contributed by atoms with Crippen LogP contribution in [0.25, 0.3) is 0 Å². The van der Waals surface area contributed by atoms with E-state index in [1.54, 1.807) is 0 Å². The highest BCUT2D eigenvalue weighted by Gasteiger charge is 2.34. The molecule has 2 aromatic carbocycles. The molecule has 1 saturated heterocycles. The Hall–Kier alpha value is -2.66. The Labute approximate surface area is 190 Å². The minimum atomic E-state index is -0.353. The van der Waals surface area contributed by atoms with Crippen molar-refractivity contribution in [3.8, 4) is 0 Å². The summed E-state index contributed by atoms with van der Waals surface area (Å²) in [5.74, 6) is 0.459. The quantitative estimate of drug-likeness (QED) is 0.666. The molecule has 3 atom stereocenters. The summed E-state index contributed by atoms with van der Waals surface area (Å²) in [6, 6.07) is 15.2. The van der Waals surface area contributed by atoms with E-state index in [0.29, 0.717) is 12.5 Å². The number of carbonyl (C=O) groups is 1. The Bertz CT molecular complexity index is 1010. The summed E-state index contributed by atoms with van der Waals surface area (Å²) >= 11 is 0. The lowest BCUT2D eigenvalue weighted by Gasteiger charge is -2.27. The molecule has 0 aromatic heterocycles. The van der Waals surface area contributed by atoms with E-state index in [1.165, 1.54) is 23.1 Å². The van der Waals surface area contributed by atoms with Crippen molar-refractivity contribution >= 4 is 11.8 Å². The molecule has 5 heteroatoms. The number of nitrogens with one attached hydrogen (secondary N) is 1. The highest BCUT2D eigenvalue weighted by atomic mass is 16.5. The van der Waals surface area contributed by atoms with Gasteiger partial charge < -0.3 is 14.8 Å². The Kier molecular flexibility index (Phi) is 6.26. The van der Waals surface area contributed by atoms with Gasteiger partial charge in [0.25, 0.3) is 0 Å². The van der Waals surface area contributed by atoms with E-state index >= 15 is 0 Å². The lowest BCUT2D eigenvalue weighted by atomic mass is 9.86. The van der Waals surface area contributed by atoms with E-state index in [1.807, 2.05) is 12.1 Å². The molecule has 168 valence electrons. The maximum absolute atomic E-state index is 12.1. The molecule has 3 unspecified atom stereocenters. The van der Waals surface area contributed by atoms with Crippen molar-refractivity contribution in [2.24, 2.45) is 4.99 Å². The third-order valence-corrected chi connectivity index (χ3v) is 7.02. The molecule has 1 amide bonds. The molecule has 0 saturated carbocycles. The van der Waals surface area contributed by atoms with Gasteiger partial charge >= 0.3 is 6.09 Å². The summed E-state index contributed by atoms with van der Waals surface area (Å²) in [6.07, 6.45) is 6.22. The van der Waals surface area contributed by atoms with Crippen molar-refractivity contribution in [2.75, 3.05) is 13.2 Å². The number of amides is 1. The van der Waals surface area contributed by atoms with Crippen molar-refractivity contribution in [1.82, 2.24) is 5.32 Å². The molecule has 1 N–H and O–H groups in total. The summed E-state index contributed by atoms with van der Waals surface area (Å²) in [6.45, 7) is 3.96. The van der Waals surface area contributed by atoms with Crippen LogP contribution in [0.5, 0.6) is 0 Å². The highest BCUT2D eigenvalue weighted by Crippen LogP contribution is 2.40. The first kappa shape index (κ1) is 21.2. The Balaban J connectivity index is 1.58. The van der Waals surface area contributed by atoms with Gasteiger partial charge in [0.15, 0.2) is 0 Å².